The molecule has 22 heavy (non-hydrogen) atoms. The zero-order valence-corrected chi connectivity index (χ0v) is 13.0. The van der Waals surface area contributed by atoms with Crippen LogP contribution in [0.2, 0.25) is 5.02 Å². The average molecular weight is 328 g/mol. The standard InChI is InChI=1S/C15H18ClNO5/c1-21-12-4-2-3-11(16)10(12)7-13(18)17-15(8-14(19)20)5-6-22-9-15/h2-4H,5-9H2,1H3,(H,17,18)(H,19,20). The summed E-state index contributed by atoms with van der Waals surface area (Å²) in [5.74, 6) is -0.753. The predicted octanol–water partition coefficient (Wildman–Crippen LogP) is 1.64. The molecule has 1 aliphatic heterocycles. The molecular weight excluding hydrogens is 310 g/mol. The van der Waals surface area contributed by atoms with Crippen LogP contribution in [0.3, 0.4) is 0 Å². The number of ether oxygens (including phenoxy) is 2. The van der Waals surface area contributed by atoms with Gasteiger partial charge in [0.2, 0.25) is 5.91 Å². The quantitative estimate of drug-likeness (QED) is 0.829. The molecule has 1 saturated heterocycles. The number of hydrogen-bond acceptors (Lipinski definition) is 4. The Bertz CT molecular complexity index is 569. The van der Waals surface area contributed by atoms with Crippen molar-refractivity contribution in [1.82, 2.24) is 5.32 Å². The van der Waals surface area contributed by atoms with Crippen molar-refractivity contribution in [3.05, 3.63) is 28.8 Å². The van der Waals surface area contributed by atoms with Crippen LogP contribution < -0.4 is 10.1 Å². The maximum Gasteiger partial charge on any atom is 0.305 e. The Morgan fingerprint density at radius 2 is 2.27 bits per heavy atom. The molecule has 1 aromatic carbocycles. The topological polar surface area (TPSA) is 84.9 Å². The van der Waals surface area contributed by atoms with Gasteiger partial charge in [-0.3, -0.25) is 9.59 Å². The summed E-state index contributed by atoms with van der Waals surface area (Å²) in [7, 11) is 1.50. The number of carboxylic acids is 1. The van der Waals surface area contributed by atoms with Crippen LogP contribution in [0.15, 0.2) is 18.2 Å². The Kier molecular flexibility index (Phi) is 5.26. The highest BCUT2D eigenvalue weighted by atomic mass is 35.5. The number of hydrogen-bond donors (Lipinski definition) is 2. The Balaban J connectivity index is 2.11. The van der Waals surface area contributed by atoms with Gasteiger partial charge >= 0.3 is 5.97 Å². The molecule has 0 aromatic heterocycles. The number of benzene rings is 1. The molecule has 0 bridgehead atoms. The number of carbonyl (C=O) groups excluding carboxylic acids is 1. The Morgan fingerprint density at radius 3 is 2.86 bits per heavy atom. The number of methoxy groups -OCH3 is 1. The second kappa shape index (κ2) is 6.98. The predicted molar refractivity (Wildman–Crippen MR) is 80.3 cm³/mol. The summed E-state index contributed by atoms with van der Waals surface area (Å²) in [4.78, 5) is 23.3. The van der Waals surface area contributed by atoms with E-state index in [0.717, 1.165) is 0 Å². The number of rotatable bonds is 6. The minimum Gasteiger partial charge on any atom is -0.496 e. The van der Waals surface area contributed by atoms with Gasteiger partial charge in [0.1, 0.15) is 5.75 Å². The van der Waals surface area contributed by atoms with Crippen LogP contribution in [-0.2, 0) is 20.7 Å². The summed E-state index contributed by atoms with van der Waals surface area (Å²) in [6.07, 6.45) is 0.327. The average Bonchev–Trinajstić information content (AvgIpc) is 2.88. The highest BCUT2D eigenvalue weighted by molar-refractivity contribution is 6.31. The smallest absolute Gasteiger partial charge is 0.305 e. The van der Waals surface area contributed by atoms with Gasteiger partial charge < -0.3 is 19.9 Å². The monoisotopic (exact) mass is 327 g/mol. The van der Waals surface area contributed by atoms with Gasteiger partial charge in [-0.1, -0.05) is 17.7 Å². The van der Waals surface area contributed by atoms with Crippen molar-refractivity contribution in [2.45, 2.75) is 24.8 Å². The Hall–Kier alpha value is -1.79. The zero-order chi connectivity index (χ0) is 16.2. The van der Waals surface area contributed by atoms with Gasteiger partial charge in [-0.15, -0.1) is 0 Å². The van der Waals surface area contributed by atoms with Crippen LogP contribution in [0, 0.1) is 0 Å². The van der Waals surface area contributed by atoms with Gasteiger partial charge in [-0.25, -0.2) is 0 Å². The molecule has 1 atom stereocenters. The van der Waals surface area contributed by atoms with E-state index in [-0.39, 0.29) is 25.4 Å². The van der Waals surface area contributed by atoms with E-state index in [1.165, 1.54) is 7.11 Å². The second-order valence-electron chi connectivity index (χ2n) is 5.30. The molecule has 0 spiro atoms. The molecule has 6 nitrogen and oxygen atoms in total. The lowest BCUT2D eigenvalue weighted by atomic mass is 9.93. The van der Waals surface area contributed by atoms with E-state index >= 15 is 0 Å². The SMILES string of the molecule is COc1cccc(Cl)c1CC(=O)NC1(CC(=O)O)CCOC1. The van der Waals surface area contributed by atoms with E-state index in [9.17, 15) is 9.59 Å². The molecule has 1 fully saturated rings. The van der Waals surface area contributed by atoms with Gasteiger partial charge in [-0.05, 0) is 18.6 Å². The minimum atomic E-state index is -0.971. The molecule has 2 N–H and O–H groups in total. The minimum absolute atomic E-state index is 0.0181. The highest BCUT2D eigenvalue weighted by Crippen LogP contribution is 2.28. The van der Waals surface area contributed by atoms with Gasteiger partial charge in [0.15, 0.2) is 0 Å². The maximum atomic E-state index is 12.3. The first-order valence-corrected chi connectivity index (χ1v) is 7.25. The molecular formula is C15H18ClNO5. The van der Waals surface area contributed by atoms with Gasteiger partial charge in [0, 0.05) is 17.2 Å². The van der Waals surface area contributed by atoms with E-state index in [1.54, 1.807) is 18.2 Å². The number of nitrogens with one attached hydrogen (secondary N) is 1. The molecule has 0 saturated carbocycles. The number of carboxylic acid groups (broad SMARTS) is 1. The van der Waals surface area contributed by atoms with Crippen molar-refractivity contribution >= 4 is 23.5 Å². The molecule has 1 unspecified atom stereocenters. The molecule has 1 aliphatic rings. The van der Waals surface area contributed by atoms with Crippen molar-refractivity contribution in [3.8, 4) is 5.75 Å². The third-order valence-electron chi connectivity index (χ3n) is 3.63. The van der Waals surface area contributed by atoms with Gasteiger partial charge in [0.25, 0.3) is 0 Å². The largest absolute Gasteiger partial charge is 0.496 e. The fourth-order valence-corrected chi connectivity index (χ4v) is 2.81. The molecule has 7 heteroatoms. The van der Waals surface area contributed by atoms with E-state index < -0.39 is 11.5 Å². The molecule has 2 rings (SSSR count). The van der Waals surface area contributed by atoms with Gasteiger partial charge in [0.05, 0.1) is 32.1 Å². The van der Waals surface area contributed by atoms with Crippen molar-refractivity contribution in [2.75, 3.05) is 20.3 Å². The lowest BCUT2D eigenvalue weighted by Crippen LogP contribution is -2.51. The fraction of sp³-hybridized carbons (Fsp3) is 0.467. The second-order valence-corrected chi connectivity index (χ2v) is 5.71. The summed E-state index contributed by atoms with van der Waals surface area (Å²) in [5, 5.41) is 12.2. The molecule has 1 heterocycles. The summed E-state index contributed by atoms with van der Waals surface area (Å²) in [6, 6.07) is 5.14. The van der Waals surface area contributed by atoms with Crippen molar-refractivity contribution in [3.63, 3.8) is 0 Å². The maximum absolute atomic E-state index is 12.3. The molecule has 120 valence electrons. The first-order chi connectivity index (χ1) is 10.5. The number of amides is 1. The van der Waals surface area contributed by atoms with E-state index in [1.807, 2.05) is 0 Å². The van der Waals surface area contributed by atoms with Crippen LogP contribution in [0.5, 0.6) is 5.75 Å². The summed E-state index contributed by atoms with van der Waals surface area (Å²) in [6.45, 7) is 0.633. The van der Waals surface area contributed by atoms with Crippen LogP contribution in [-0.4, -0.2) is 42.8 Å². The van der Waals surface area contributed by atoms with Crippen molar-refractivity contribution < 1.29 is 24.2 Å². The lowest BCUT2D eigenvalue weighted by molar-refractivity contribution is -0.139. The number of carbonyl (C=O) groups is 2. The molecule has 0 aliphatic carbocycles. The summed E-state index contributed by atoms with van der Waals surface area (Å²) < 4.78 is 10.5. The summed E-state index contributed by atoms with van der Waals surface area (Å²) in [5.41, 5.74) is -0.272. The zero-order valence-electron chi connectivity index (χ0n) is 12.2. The van der Waals surface area contributed by atoms with E-state index in [2.05, 4.69) is 5.32 Å². The lowest BCUT2D eigenvalue weighted by Gasteiger charge is -2.27. The molecule has 0 radical (unpaired) electrons. The Labute approximate surface area is 133 Å². The first-order valence-electron chi connectivity index (χ1n) is 6.88. The molecule has 1 aromatic rings. The Morgan fingerprint density at radius 1 is 1.50 bits per heavy atom. The fourth-order valence-electron chi connectivity index (χ4n) is 2.58. The van der Waals surface area contributed by atoms with Crippen molar-refractivity contribution in [2.24, 2.45) is 0 Å². The van der Waals surface area contributed by atoms with E-state index in [4.69, 9.17) is 26.2 Å². The van der Waals surface area contributed by atoms with E-state index in [0.29, 0.717) is 29.4 Å². The normalized spacial score (nSPS) is 20.6. The summed E-state index contributed by atoms with van der Waals surface area (Å²) >= 11 is 6.11. The third-order valence-corrected chi connectivity index (χ3v) is 3.98. The van der Waals surface area contributed by atoms with Crippen LogP contribution in [0.4, 0.5) is 0 Å². The third kappa shape index (κ3) is 3.90. The van der Waals surface area contributed by atoms with Gasteiger partial charge in [-0.2, -0.15) is 0 Å². The number of halogens is 1. The van der Waals surface area contributed by atoms with Crippen LogP contribution >= 0.6 is 11.6 Å². The highest BCUT2D eigenvalue weighted by Gasteiger charge is 2.38. The van der Waals surface area contributed by atoms with Crippen LogP contribution in [0.1, 0.15) is 18.4 Å². The molecule has 1 amide bonds. The van der Waals surface area contributed by atoms with Crippen molar-refractivity contribution in [1.29, 1.82) is 0 Å². The van der Waals surface area contributed by atoms with Crippen LogP contribution in [0.25, 0.3) is 0 Å². The number of aliphatic carboxylic acids is 1. The first kappa shape index (κ1) is 16.6.